The number of hydrogen-bond donors (Lipinski definition) is 2. The fourth-order valence-electron chi connectivity index (χ4n) is 6.58. The highest BCUT2D eigenvalue weighted by Gasteiger charge is 2.48. The Kier molecular flexibility index (Phi) is 5.62. The molecule has 4 fully saturated rings. The number of halogens is 1. The second-order valence-electron chi connectivity index (χ2n) is 11.0. The summed E-state index contributed by atoms with van der Waals surface area (Å²) in [6.45, 7) is 5.37. The Morgan fingerprint density at radius 2 is 1.56 bits per heavy atom. The zero-order valence-electron chi connectivity index (χ0n) is 20.2. The van der Waals surface area contributed by atoms with Crippen molar-refractivity contribution in [3.8, 4) is 0 Å². The summed E-state index contributed by atoms with van der Waals surface area (Å²) in [7, 11) is 0. The molecule has 0 saturated carbocycles. The number of nitrogens with two attached hydrogens (primary N) is 1. The normalized spacial score (nSPS) is 27.4. The van der Waals surface area contributed by atoms with Crippen molar-refractivity contribution < 1.29 is 23.6 Å². The molecule has 0 radical (unpaired) electrons. The minimum absolute atomic E-state index is 0.0300. The molecule has 1 atom stereocenters. The summed E-state index contributed by atoms with van der Waals surface area (Å²) < 4.78 is 15.2. The zero-order valence-corrected chi connectivity index (χ0v) is 20.2. The van der Waals surface area contributed by atoms with Gasteiger partial charge in [0.1, 0.15) is 11.9 Å². The first-order chi connectivity index (χ1) is 17.2. The lowest BCUT2D eigenvalue weighted by Gasteiger charge is -2.57. The maximum absolute atomic E-state index is 15.2. The third-order valence-electron chi connectivity index (χ3n) is 8.76. The first kappa shape index (κ1) is 23.5. The molecule has 1 aromatic carbocycles. The van der Waals surface area contributed by atoms with Crippen LogP contribution in [0.4, 0.5) is 10.1 Å². The molecule has 3 N–H and O–H groups in total. The van der Waals surface area contributed by atoms with Gasteiger partial charge < -0.3 is 4.90 Å². The third-order valence-corrected chi connectivity index (χ3v) is 8.76. The minimum atomic E-state index is -1.06. The van der Waals surface area contributed by atoms with E-state index < -0.39 is 35.5 Å². The number of anilines is 1. The number of imide groups is 2. The van der Waals surface area contributed by atoms with Gasteiger partial charge in [-0.25, -0.2) is 9.40 Å². The van der Waals surface area contributed by atoms with E-state index in [0.29, 0.717) is 24.8 Å². The average molecular weight is 499 g/mol. The van der Waals surface area contributed by atoms with Crippen molar-refractivity contribution in [2.24, 2.45) is 11.3 Å². The molecule has 0 aliphatic carbocycles. The molecule has 1 aromatic rings. The van der Waals surface area contributed by atoms with Crippen LogP contribution in [0.1, 0.15) is 59.2 Å². The quantitative estimate of drug-likeness (QED) is 0.456. The number of benzene rings is 1. The monoisotopic (exact) mass is 498 g/mol. The van der Waals surface area contributed by atoms with Crippen molar-refractivity contribution >= 4 is 29.3 Å². The van der Waals surface area contributed by atoms with Crippen LogP contribution in [0, 0.1) is 11.2 Å². The van der Waals surface area contributed by atoms with Gasteiger partial charge in [0.2, 0.25) is 11.8 Å². The van der Waals surface area contributed by atoms with E-state index >= 15 is 4.39 Å². The fourth-order valence-corrected chi connectivity index (χ4v) is 6.58. The van der Waals surface area contributed by atoms with Crippen LogP contribution in [0.3, 0.4) is 0 Å². The average Bonchev–Trinajstić information content (AvgIpc) is 3.07. The Hall–Kier alpha value is -2.89. The van der Waals surface area contributed by atoms with Crippen LogP contribution in [-0.2, 0) is 9.59 Å². The van der Waals surface area contributed by atoms with E-state index in [1.165, 1.54) is 6.07 Å². The first-order valence-electron chi connectivity index (χ1n) is 12.8. The number of fused-ring (bicyclic) bond motifs is 1. The smallest absolute Gasteiger partial charge is 0.262 e. The van der Waals surface area contributed by atoms with Crippen molar-refractivity contribution in [3.63, 3.8) is 0 Å². The fraction of sp³-hybridized carbons (Fsp3) is 0.600. The lowest BCUT2D eigenvalue weighted by atomic mass is 9.71. The number of carbonyl (C=O) groups is 4. The van der Waals surface area contributed by atoms with Gasteiger partial charge in [-0.1, -0.05) is 0 Å². The summed E-state index contributed by atoms with van der Waals surface area (Å²) in [5.41, 5.74) is 0.666. The summed E-state index contributed by atoms with van der Waals surface area (Å²) in [6, 6.07) is 2.12. The van der Waals surface area contributed by atoms with Gasteiger partial charge in [0.25, 0.3) is 11.8 Å². The second-order valence-corrected chi connectivity index (χ2v) is 11.0. The molecule has 5 aliphatic heterocycles. The van der Waals surface area contributed by atoms with Crippen molar-refractivity contribution in [2.75, 3.05) is 44.2 Å². The van der Waals surface area contributed by atoms with Crippen LogP contribution in [0.2, 0.25) is 0 Å². The molecule has 36 heavy (non-hydrogen) atoms. The molecule has 0 bridgehead atoms. The van der Waals surface area contributed by atoms with Gasteiger partial charge in [-0.2, -0.15) is 0 Å². The van der Waals surface area contributed by atoms with E-state index in [9.17, 15) is 19.2 Å². The van der Waals surface area contributed by atoms with E-state index in [1.807, 2.05) is 9.91 Å². The van der Waals surface area contributed by atoms with Gasteiger partial charge in [-0.3, -0.25) is 40.1 Å². The number of amides is 4. The Morgan fingerprint density at radius 3 is 2.19 bits per heavy atom. The molecule has 1 unspecified atom stereocenters. The Bertz CT molecular complexity index is 1130. The molecular formula is C25H31FN6O4. The number of carbonyl (C=O) groups excluding carboxylic acids is 4. The Balaban J connectivity index is 1.13. The highest BCUT2D eigenvalue weighted by Crippen LogP contribution is 2.44. The maximum atomic E-state index is 15.2. The molecule has 1 spiro atoms. The van der Waals surface area contributed by atoms with E-state index in [4.69, 9.17) is 5.84 Å². The summed E-state index contributed by atoms with van der Waals surface area (Å²) >= 11 is 0. The van der Waals surface area contributed by atoms with Crippen LogP contribution in [-0.4, -0.2) is 89.8 Å². The molecular weight excluding hydrogens is 467 g/mol. The van der Waals surface area contributed by atoms with Crippen molar-refractivity contribution in [1.29, 1.82) is 0 Å². The SMILES string of the molecule is NN1CCC(N2CC3(CCN(c4cc5c(cc4F)C(=O)N(C4CCC(=O)NC4=O)C5=O)CC3)C2)CC1. The van der Waals surface area contributed by atoms with Gasteiger partial charge in [-0.15, -0.1) is 0 Å². The number of nitrogens with one attached hydrogen (secondary N) is 1. The van der Waals surface area contributed by atoms with Gasteiger partial charge in [0.05, 0.1) is 16.8 Å². The van der Waals surface area contributed by atoms with Crippen LogP contribution < -0.4 is 16.1 Å². The van der Waals surface area contributed by atoms with E-state index in [1.54, 1.807) is 0 Å². The van der Waals surface area contributed by atoms with Crippen LogP contribution in [0.25, 0.3) is 0 Å². The highest BCUT2D eigenvalue weighted by atomic mass is 19.1. The van der Waals surface area contributed by atoms with Crippen LogP contribution in [0.5, 0.6) is 0 Å². The third kappa shape index (κ3) is 3.80. The molecule has 4 saturated heterocycles. The highest BCUT2D eigenvalue weighted by molar-refractivity contribution is 6.23. The van der Waals surface area contributed by atoms with E-state index in [-0.39, 0.29) is 29.4 Å². The minimum Gasteiger partial charge on any atom is -0.369 e. The van der Waals surface area contributed by atoms with Crippen LogP contribution in [0.15, 0.2) is 12.1 Å². The van der Waals surface area contributed by atoms with Crippen molar-refractivity contribution in [1.82, 2.24) is 20.1 Å². The van der Waals surface area contributed by atoms with Crippen molar-refractivity contribution in [2.45, 2.75) is 50.6 Å². The number of hydrazine groups is 1. The molecule has 6 rings (SSSR count). The van der Waals surface area contributed by atoms with Crippen LogP contribution >= 0.6 is 0 Å². The Morgan fingerprint density at radius 1 is 0.917 bits per heavy atom. The molecule has 5 heterocycles. The molecule has 4 amide bonds. The zero-order chi connectivity index (χ0) is 25.2. The van der Waals surface area contributed by atoms with Gasteiger partial charge in [0.15, 0.2) is 0 Å². The second kappa shape index (κ2) is 8.60. The summed E-state index contributed by atoms with van der Waals surface area (Å²) in [5.74, 6) is 2.94. The number of likely N-dealkylation sites (tertiary alicyclic amines) is 1. The molecule has 11 heteroatoms. The number of hydrogen-bond acceptors (Lipinski definition) is 8. The summed E-state index contributed by atoms with van der Waals surface area (Å²) in [5, 5.41) is 4.06. The van der Waals surface area contributed by atoms with Gasteiger partial charge in [-0.05, 0) is 49.7 Å². The summed E-state index contributed by atoms with van der Waals surface area (Å²) in [6.07, 6.45) is 4.21. The predicted molar refractivity (Wildman–Crippen MR) is 127 cm³/mol. The molecule has 5 aliphatic rings. The standard InChI is InChI=1S/C25H31FN6O4/c26-18-11-16-17(24(36)32(23(16)35)19-1-2-21(33)28-22(19)34)12-20(18)29-9-5-25(6-10-29)13-30(14-25)15-3-7-31(27)8-4-15/h11-12,15,19H,1-10,13-14,27H2,(H,28,33,34). The number of rotatable bonds is 3. The lowest BCUT2D eigenvalue weighted by Crippen LogP contribution is -2.64. The van der Waals surface area contributed by atoms with Gasteiger partial charge >= 0.3 is 0 Å². The molecule has 10 nitrogen and oxygen atoms in total. The van der Waals surface area contributed by atoms with Gasteiger partial charge in [0, 0.05) is 51.7 Å². The largest absolute Gasteiger partial charge is 0.369 e. The Labute approximate surface area is 208 Å². The number of piperidine rings is 3. The summed E-state index contributed by atoms with van der Waals surface area (Å²) in [4.78, 5) is 55.2. The topological polar surface area (TPSA) is 119 Å². The van der Waals surface area contributed by atoms with E-state index in [2.05, 4.69) is 10.2 Å². The lowest BCUT2D eigenvalue weighted by molar-refractivity contribution is -0.136. The maximum Gasteiger partial charge on any atom is 0.262 e. The predicted octanol–water partition coefficient (Wildman–Crippen LogP) is 0.467. The number of nitrogens with zero attached hydrogens (tertiary/aromatic N) is 4. The van der Waals surface area contributed by atoms with E-state index in [0.717, 1.165) is 62.8 Å². The molecule has 192 valence electrons. The molecule has 0 aromatic heterocycles. The van der Waals surface area contributed by atoms with Crippen molar-refractivity contribution in [3.05, 3.63) is 29.1 Å². The first-order valence-corrected chi connectivity index (χ1v) is 12.8.